The number of pyridine rings is 2. The standard InChI is InChI=1S/C24H22N4/c1-2-10-21(11-3-1)28-24(20-9-6-14-26-17-20)22-12-4-8-19(23(22)27-28)15-18-7-5-13-25-16-18/h1-3,5-7,9-11,13-17,22,24H,4,8,12H2/b19-15+. The van der Waals surface area contributed by atoms with Crippen molar-refractivity contribution in [3.63, 3.8) is 0 Å². The Morgan fingerprint density at radius 1 is 0.893 bits per heavy atom. The van der Waals surface area contributed by atoms with E-state index in [1.165, 1.54) is 23.3 Å². The molecule has 1 aromatic carbocycles. The highest BCUT2D eigenvalue weighted by atomic mass is 15.5. The third-order valence-corrected chi connectivity index (χ3v) is 5.57. The number of fused-ring (bicyclic) bond motifs is 1. The van der Waals surface area contributed by atoms with Gasteiger partial charge in [-0.2, -0.15) is 5.10 Å². The van der Waals surface area contributed by atoms with Crippen LogP contribution in [0.1, 0.15) is 36.4 Å². The first-order chi connectivity index (χ1) is 13.9. The summed E-state index contributed by atoms with van der Waals surface area (Å²) < 4.78 is 0. The number of allylic oxidation sites excluding steroid dienone is 1. The Morgan fingerprint density at radius 2 is 1.71 bits per heavy atom. The number of hydrogen-bond donors (Lipinski definition) is 0. The lowest BCUT2D eigenvalue weighted by Gasteiger charge is -2.30. The summed E-state index contributed by atoms with van der Waals surface area (Å²) >= 11 is 0. The summed E-state index contributed by atoms with van der Waals surface area (Å²) in [7, 11) is 0. The average Bonchev–Trinajstić information content (AvgIpc) is 3.16. The molecule has 1 saturated carbocycles. The van der Waals surface area contributed by atoms with Crippen LogP contribution in [-0.4, -0.2) is 15.7 Å². The minimum Gasteiger partial charge on any atom is -0.264 e. The van der Waals surface area contributed by atoms with Gasteiger partial charge in [-0.1, -0.05) is 30.3 Å². The van der Waals surface area contributed by atoms with Gasteiger partial charge < -0.3 is 0 Å². The van der Waals surface area contributed by atoms with Crippen molar-refractivity contribution in [3.8, 4) is 0 Å². The molecule has 0 N–H and O–H groups in total. The molecule has 2 aliphatic rings. The maximum atomic E-state index is 5.15. The van der Waals surface area contributed by atoms with E-state index < -0.39 is 0 Å². The van der Waals surface area contributed by atoms with Crippen molar-refractivity contribution in [1.29, 1.82) is 0 Å². The molecule has 0 saturated heterocycles. The number of rotatable bonds is 3. The normalized spacial score (nSPS) is 22.8. The molecular formula is C24H22N4. The highest BCUT2D eigenvalue weighted by molar-refractivity contribution is 6.08. The van der Waals surface area contributed by atoms with Crippen molar-refractivity contribution in [2.24, 2.45) is 11.0 Å². The summed E-state index contributed by atoms with van der Waals surface area (Å²) in [6.07, 6.45) is 13.2. The van der Waals surface area contributed by atoms with Crippen molar-refractivity contribution in [3.05, 3.63) is 96.1 Å². The average molecular weight is 366 g/mol. The Kier molecular flexibility index (Phi) is 4.45. The fraction of sp³-hybridized carbons (Fsp3) is 0.208. The van der Waals surface area contributed by atoms with Gasteiger partial charge in [-0.05, 0) is 66.3 Å². The van der Waals surface area contributed by atoms with Gasteiger partial charge in [-0.15, -0.1) is 0 Å². The van der Waals surface area contributed by atoms with Crippen LogP contribution >= 0.6 is 0 Å². The van der Waals surface area contributed by atoms with Gasteiger partial charge in [0.15, 0.2) is 0 Å². The summed E-state index contributed by atoms with van der Waals surface area (Å²) in [5, 5.41) is 7.34. The summed E-state index contributed by atoms with van der Waals surface area (Å²) in [6.45, 7) is 0. The van der Waals surface area contributed by atoms with Gasteiger partial charge in [0.2, 0.25) is 0 Å². The van der Waals surface area contributed by atoms with Crippen LogP contribution in [0.3, 0.4) is 0 Å². The minimum atomic E-state index is 0.184. The molecule has 4 nitrogen and oxygen atoms in total. The number of anilines is 1. The Morgan fingerprint density at radius 3 is 2.46 bits per heavy atom. The van der Waals surface area contributed by atoms with E-state index in [0.717, 1.165) is 24.1 Å². The number of para-hydroxylation sites is 1. The van der Waals surface area contributed by atoms with E-state index in [0.29, 0.717) is 5.92 Å². The van der Waals surface area contributed by atoms with Crippen LogP contribution in [0.5, 0.6) is 0 Å². The quantitative estimate of drug-likeness (QED) is 0.633. The molecule has 0 radical (unpaired) electrons. The molecule has 138 valence electrons. The Bertz CT molecular complexity index is 997. The molecule has 0 amide bonds. The van der Waals surface area contributed by atoms with Crippen LogP contribution in [0.4, 0.5) is 5.69 Å². The van der Waals surface area contributed by atoms with Crippen LogP contribution in [0.2, 0.25) is 0 Å². The van der Waals surface area contributed by atoms with E-state index in [1.54, 1.807) is 0 Å². The van der Waals surface area contributed by atoms with Gasteiger partial charge in [0.1, 0.15) is 0 Å². The van der Waals surface area contributed by atoms with Gasteiger partial charge in [0.05, 0.1) is 17.4 Å². The zero-order valence-electron chi connectivity index (χ0n) is 15.6. The smallest absolute Gasteiger partial charge is 0.0874 e. The van der Waals surface area contributed by atoms with Crippen molar-refractivity contribution < 1.29 is 0 Å². The fourth-order valence-electron chi connectivity index (χ4n) is 4.34. The predicted molar refractivity (Wildman–Crippen MR) is 113 cm³/mol. The molecule has 0 spiro atoms. The van der Waals surface area contributed by atoms with Crippen LogP contribution in [0.15, 0.2) is 90.1 Å². The van der Waals surface area contributed by atoms with Gasteiger partial charge in [-0.25, -0.2) is 0 Å². The second-order valence-electron chi connectivity index (χ2n) is 7.35. The molecule has 5 rings (SSSR count). The second-order valence-corrected chi connectivity index (χ2v) is 7.35. The number of benzene rings is 1. The monoisotopic (exact) mass is 366 g/mol. The predicted octanol–water partition coefficient (Wildman–Crippen LogP) is 5.28. The summed E-state index contributed by atoms with van der Waals surface area (Å²) in [6, 6.07) is 18.9. The SMILES string of the molecule is C(=C1/CCCC2C1=NN(c1ccccc1)C2c1cccnc1)/c1cccnc1. The topological polar surface area (TPSA) is 41.4 Å². The van der Waals surface area contributed by atoms with E-state index >= 15 is 0 Å². The molecule has 1 aliphatic carbocycles. The lowest BCUT2D eigenvalue weighted by atomic mass is 9.78. The van der Waals surface area contributed by atoms with Crippen LogP contribution in [0, 0.1) is 5.92 Å². The maximum Gasteiger partial charge on any atom is 0.0874 e. The highest BCUT2D eigenvalue weighted by Crippen LogP contribution is 2.45. The third kappa shape index (κ3) is 3.11. The Balaban J connectivity index is 1.59. The van der Waals surface area contributed by atoms with Crippen molar-refractivity contribution in [2.75, 3.05) is 5.01 Å². The molecule has 2 atom stereocenters. The largest absolute Gasteiger partial charge is 0.264 e. The molecule has 28 heavy (non-hydrogen) atoms. The number of hydrogen-bond acceptors (Lipinski definition) is 4. The lowest BCUT2D eigenvalue weighted by molar-refractivity contribution is 0.487. The van der Waals surface area contributed by atoms with E-state index in [9.17, 15) is 0 Å². The summed E-state index contributed by atoms with van der Waals surface area (Å²) in [4.78, 5) is 8.64. The van der Waals surface area contributed by atoms with Crippen molar-refractivity contribution in [2.45, 2.75) is 25.3 Å². The van der Waals surface area contributed by atoms with E-state index in [-0.39, 0.29) is 6.04 Å². The first-order valence-electron chi connectivity index (χ1n) is 9.84. The second kappa shape index (κ2) is 7.39. The summed E-state index contributed by atoms with van der Waals surface area (Å²) in [5.41, 5.74) is 6.03. The van der Waals surface area contributed by atoms with Crippen LogP contribution in [-0.2, 0) is 0 Å². The molecule has 2 unspecified atom stereocenters. The van der Waals surface area contributed by atoms with Crippen LogP contribution < -0.4 is 5.01 Å². The first-order valence-corrected chi connectivity index (χ1v) is 9.84. The third-order valence-electron chi connectivity index (χ3n) is 5.57. The molecule has 2 aromatic heterocycles. The van der Waals surface area contributed by atoms with Gasteiger partial charge in [-0.3, -0.25) is 15.0 Å². The van der Waals surface area contributed by atoms with Gasteiger partial charge in [0.25, 0.3) is 0 Å². The fourth-order valence-corrected chi connectivity index (χ4v) is 4.34. The Hall–Kier alpha value is -3.27. The molecule has 1 aliphatic heterocycles. The van der Waals surface area contributed by atoms with Gasteiger partial charge in [0, 0.05) is 30.7 Å². The molecule has 0 bridgehead atoms. The number of hydrazone groups is 1. The zero-order chi connectivity index (χ0) is 18.8. The minimum absolute atomic E-state index is 0.184. The van der Waals surface area contributed by atoms with Crippen molar-refractivity contribution >= 4 is 17.5 Å². The molecular weight excluding hydrogens is 344 g/mol. The first kappa shape index (κ1) is 16.9. The van der Waals surface area contributed by atoms with E-state index in [2.05, 4.69) is 57.5 Å². The molecule has 3 aromatic rings. The zero-order valence-corrected chi connectivity index (χ0v) is 15.6. The highest BCUT2D eigenvalue weighted by Gasteiger charge is 2.41. The molecule has 3 heterocycles. The van der Waals surface area contributed by atoms with Crippen LogP contribution in [0.25, 0.3) is 6.08 Å². The molecule has 4 heteroatoms. The maximum absolute atomic E-state index is 5.15. The lowest BCUT2D eigenvalue weighted by Crippen LogP contribution is -2.28. The van der Waals surface area contributed by atoms with Crippen molar-refractivity contribution in [1.82, 2.24) is 9.97 Å². The van der Waals surface area contributed by atoms with E-state index in [4.69, 9.17) is 5.10 Å². The van der Waals surface area contributed by atoms with E-state index in [1.807, 2.05) is 43.0 Å². The number of nitrogens with zero attached hydrogens (tertiary/aromatic N) is 4. The summed E-state index contributed by atoms with van der Waals surface area (Å²) in [5.74, 6) is 0.376. The molecule has 1 fully saturated rings. The van der Waals surface area contributed by atoms with Gasteiger partial charge >= 0.3 is 0 Å². The number of aromatic nitrogens is 2. The Labute approximate surface area is 165 Å².